The molecule has 2 heterocycles. The van der Waals surface area contributed by atoms with Crippen molar-refractivity contribution in [3.05, 3.63) is 42.2 Å². The summed E-state index contributed by atoms with van der Waals surface area (Å²) < 4.78 is 7.04. The zero-order valence-corrected chi connectivity index (χ0v) is 11.9. The number of Topliss-reactive ketones (excluding diaryl/α,β-unsaturated/α-hetero) is 1. The molecule has 1 fully saturated rings. The lowest BCUT2D eigenvalue weighted by Gasteiger charge is -2.17. The minimum absolute atomic E-state index is 0.0207. The van der Waals surface area contributed by atoms with Crippen LogP contribution in [0.15, 0.2) is 36.5 Å². The van der Waals surface area contributed by atoms with Gasteiger partial charge in [-0.05, 0) is 18.7 Å². The Morgan fingerprint density at radius 1 is 1.38 bits per heavy atom. The second-order valence-corrected chi connectivity index (χ2v) is 5.04. The second kappa shape index (κ2) is 6.15. The third-order valence-electron chi connectivity index (χ3n) is 3.69. The van der Waals surface area contributed by atoms with Crippen molar-refractivity contribution in [2.75, 3.05) is 19.8 Å². The van der Waals surface area contributed by atoms with E-state index in [0.717, 1.165) is 12.2 Å². The number of carbonyl (C=O) groups is 1. The van der Waals surface area contributed by atoms with Crippen LogP contribution < -0.4 is 5.32 Å². The highest BCUT2D eigenvalue weighted by Gasteiger charge is 2.35. The lowest BCUT2D eigenvalue weighted by atomic mass is 9.96. The molecule has 1 aromatic carbocycles. The van der Waals surface area contributed by atoms with Gasteiger partial charge in [0.2, 0.25) is 0 Å². The van der Waals surface area contributed by atoms with Gasteiger partial charge in [-0.1, -0.05) is 30.3 Å². The van der Waals surface area contributed by atoms with Gasteiger partial charge in [0.15, 0.2) is 5.78 Å². The first-order valence-electron chi connectivity index (χ1n) is 7.12. The monoisotopic (exact) mass is 286 g/mol. The van der Waals surface area contributed by atoms with Crippen molar-refractivity contribution in [2.24, 2.45) is 5.92 Å². The van der Waals surface area contributed by atoms with Crippen LogP contribution in [0.1, 0.15) is 17.4 Å². The van der Waals surface area contributed by atoms with Crippen LogP contribution in [0.5, 0.6) is 0 Å². The lowest BCUT2D eigenvalue weighted by Crippen LogP contribution is -2.39. The molecule has 1 saturated heterocycles. The molecule has 1 N–H and O–H groups in total. The minimum atomic E-state index is -0.189. The normalized spacial score (nSPS) is 21.6. The molecule has 6 heteroatoms. The number of nitrogens with zero attached hydrogens (tertiary/aromatic N) is 3. The Morgan fingerprint density at radius 3 is 2.95 bits per heavy atom. The van der Waals surface area contributed by atoms with Crippen molar-refractivity contribution in [3.63, 3.8) is 0 Å². The molecule has 0 spiro atoms. The summed E-state index contributed by atoms with van der Waals surface area (Å²) >= 11 is 0. The number of aromatic nitrogens is 3. The molecule has 21 heavy (non-hydrogen) atoms. The predicted octanol–water partition coefficient (Wildman–Crippen LogP) is 1.07. The molecular weight excluding hydrogens is 268 g/mol. The summed E-state index contributed by atoms with van der Waals surface area (Å²) in [5, 5.41) is 11.2. The van der Waals surface area contributed by atoms with E-state index in [-0.39, 0.29) is 17.7 Å². The fraction of sp³-hybridized carbons (Fsp3) is 0.400. The minimum Gasteiger partial charge on any atom is -0.379 e. The van der Waals surface area contributed by atoms with Gasteiger partial charge in [-0.25, -0.2) is 4.68 Å². The van der Waals surface area contributed by atoms with Gasteiger partial charge in [-0.3, -0.25) is 4.79 Å². The van der Waals surface area contributed by atoms with Crippen molar-refractivity contribution >= 4 is 5.78 Å². The third-order valence-corrected chi connectivity index (χ3v) is 3.69. The average Bonchev–Trinajstić information content (AvgIpc) is 3.17. The Labute approximate surface area is 123 Å². The summed E-state index contributed by atoms with van der Waals surface area (Å²) in [4.78, 5) is 12.8. The summed E-state index contributed by atoms with van der Waals surface area (Å²) in [5.74, 6) is -0.168. The molecule has 0 aliphatic carbocycles. The molecule has 1 aromatic heterocycles. The summed E-state index contributed by atoms with van der Waals surface area (Å²) in [6.45, 7) is 3.84. The van der Waals surface area contributed by atoms with Crippen LogP contribution in [-0.4, -0.2) is 46.6 Å². The Hall–Kier alpha value is -2.05. The molecule has 2 atom stereocenters. The number of hydrogen-bond acceptors (Lipinski definition) is 5. The Morgan fingerprint density at radius 2 is 2.19 bits per heavy atom. The van der Waals surface area contributed by atoms with E-state index in [2.05, 4.69) is 15.6 Å². The van der Waals surface area contributed by atoms with Gasteiger partial charge >= 0.3 is 0 Å². The predicted molar refractivity (Wildman–Crippen MR) is 77.5 cm³/mol. The zero-order valence-electron chi connectivity index (χ0n) is 11.9. The second-order valence-electron chi connectivity index (χ2n) is 5.04. The number of nitrogens with one attached hydrogen (secondary N) is 1. The Balaban J connectivity index is 1.88. The van der Waals surface area contributed by atoms with Gasteiger partial charge < -0.3 is 10.1 Å². The number of rotatable bonds is 5. The number of benzene rings is 1. The van der Waals surface area contributed by atoms with Crippen molar-refractivity contribution in [3.8, 4) is 5.69 Å². The third kappa shape index (κ3) is 2.72. The fourth-order valence-corrected chi connectivity index (χ4v) is 2.63. The van der Waals surface area contributed by atoms with Gasteiger partial charge in [-0.2, -0.15) is 0 Å². The SMILES string of the molecule is CCNC1COCC1C(=O)c1cnnn1-c1ccccc1. The van der Waals surface area contributed by atoms with Crippen LogP contribution in [0, 0.1) is 5.92 Å². The van der Waals surface area contributed by atoms with Crippen LogP contribution >= 0.6 is 0 Å². The van der Waals surface area contributed by atoms with E-state index in [9.17, 15) is 4.79 Å². The van der Waals surface area contributed by atoms with E-state index in [1.54, 1.807) is 4.68 Å². The number of hydrogen-bond donors (Lipinski definition) is 1. The smallest absolute Gasteiger partial charge is 0.190 e. The standard InChI is InChI=1S/C15H18N4O2/c1-2-16-13-10-21-9-12(13)15(20)14-8-17-18-19(14)11-6-4-3-5-7-11/h3-8,12-13,16H,2,9-10H2,1H3. The Bertz CT molecular complexity index is 611. The van der Waals surface area contributed by atoms with Crippen LogP contribution in [0.4, 0.5) is 0 Å². The van der Waals surface area contributed by atoms with E-state index in [0.29, 0.717) is 18.9 Å². The van der Waals surface area contributed by atoms with E-state index in [4.69, 9.17) is 4.74 Å². The molecule has 110 valence electrons. The largest absolute Gasteiger partial charge is 0.379 e. The molecule has 0 radical (unpaired) electrons. The fourth-order valence-electron chi connectivity index (χ4n) is 2.63. The molecule has 2 aromatic rings. The van der Waals surface area contributed by atoms with Crippen LogP contribution in [0.3, 0.4) is 0 Å². The molecule has 6 nitrogen and oxygen atoms in total. The van der Waals surface area contributed by atoms with E-state index >= 15 is 0 Å². The maximum atomic E-state index is 12.8. The number of likely N-dealkylation sites (N-methyl/N-ethyl adjacent to an activating group) is 1. The highest BCUT2D eigenvalue weighted by Crippen LogP contribution is 2.20. The van der Waals surface area contributed by atoms with Crippen LogP contribution in [-0.2, 0) is 4.74 Å². The molecule has 1 aliphatic heterocycles. The first-order valence-corrected chi connectivity index (χ1v) is 7.12. The summed E-state index contributed by atoms with van der Waals surface area (Å²) in [7, 11) is 0. The molecule has 0 saturated carbocycles. The highest BCUT2D eigenvalue weighted by atomic mass is 16.5. The molecule has 3 rings (SSSR count). The summed E-state index contributed by atoms with van der Waals surface area (Å²) in [6.07, 6.45) is 1.52. The van der Waals surface area contributed by atoms with Crippen LogP contribution in [0.25, 0.3) is 5.69 Å². The van der Waals surface area contributed by atoms with Crippen molar-refractivity contribution in [1.29, 1.82) is 0 Å². The maximum Gasteiger partial charge on any atom is 0.190 e. The lowest BCUT2D eigenvalue weighted by molar-refractivity contribution is 0.0883. The topological polar surface area (TPSA) is 69.0 Å². The van der Waals surface area contributed by atoms with Crippen molar-refractivity contribution < 1.29 is 9.53 Å². The number of para-hydroxylation sites is 1. The van der Waals surface area contributed by atoms with Gasteiger partial charge in [0, 0.05) is 6.04 Å². The summed E-state index contributed by atoms with van der Waals surface area (Å²) in [5.41, 5.74) is 1.33. The van der Waals surface area contributed by atoms with Gasteiger partial charge in [-0.15, -0.1) is 5.10 Å². The molecule has 0 bridgehead atoms. The number of ether oxygens (including phenoxy) is 1. The van der Waals surface area contributed by atoms with Gasteiger partial charge in [0.05, 0.1) is 31.0 Å². The summed E-state index contributed by atoms with van der Waals surface area (Å²) in [6, 6.07) is 9.60. The average molecular weight is 286 g/mol. The molecule has 0 amide bonds. The maximum absolute atomic E-state index is 12.8. The first-order chi connectivity index (χ1) is 10.3. The molecular formula is C15H18N4O2. The van der Waals surface area contributed by atoms with Crippen molar-refractivity contribution in [1.82, 2.24) is 20.3 Å². The quantitative estimate of drug-likeness (QED) is 0.833. The first kappa shape index (κ1) is 13.9. The van der Waals surface area contributed by atoms with Gasteiger partial charge in [0.1, 0.15) is 5.69 Å². The highest BCUT2D eigenvalue weighted by molar-refractivity contribution is 5.97. The molecule has 2 unspecified atom stereocenters. The van der Waals surface area contributed by atoms with E-state index < -0.39 is 0 Å². The van der Waals surface area contributed by atoms with Gasteiger partial charge in [0.25, 0.3) is 0 Å². The zero-order chi connectivity index (χ0) is 14.7. The van der Waals surface area contributed by atoms with E-state index in [1.165, 1.54) is 6.20 Å². The van der Waals surface area contributed by atoms with Crippen LogP contribution in [0.2, 0.25) is 0 Å². The Kier molecular flexibility index (Phi) is 4.08. The van der Waals surface area contributed by atoms with E-state index in [1.807, 2.05) is 37.3 Å². The van der Waals surface area contributed by atoms with Crippen molar-refractivity contribution in [2.45, 2.75) is 13.0 Å². The number of ketones is 1. The molecule has 1 aliphatic rings. The number of carbonyl (C=O) groups excluding carboxylic acids is 1.